The van der Waals surface area contributed by atoms with Crippen molar-refractivity contribution >= 4 is 11.5 Å². The van der Waals surface area contributed by atoms with Gasteiger partial charge in [0.05, 0.1) is 10.6 Å². The maximum absolute atomic E-state index is 10.8. The van der Waals surface area contributed by atoms with E-state index in [1.165, 1.54) is 12.1 Å². The largest absolute Gasteiger partial charge is 0.370 e. The van der Waals surface area contributed by atoms with Crippen molar-refractivity contribution in [1.82, 2.24) is 4.98 Å². The molecule has 0 radical (unpaired) electrons. The molecule has 1 aromatic heterocycles. The molecule has 0 spiro atoms. The zero-order chi connectivity index (χ0) is 13.7. The number of rotatable bonds is 5. The summed E-state index contributed by atoms with van der Waals surface area (Å²) in [6.07, 6.45) is 1.02. The Morgan fingerprint density at radius 3 is 2.79 bits per heavy atom. The highest BCUT2D eigenvalue weighted by molar-refractivity contribution is 5.64. The SMILES string of the molecule is CCCNc1cccc(-c2cccc([N+](=O)[O-])c2)n1. The third-order valence-electron chi connectivity index (χ3n) is 2.66. The van der Waals surface area contributed by atoms with E-state index in [1.807, 2.05) is 24.3 Å². The van der Waals surface area contributed by atoms with Gasteiger partial charge < -0.3 is 5.32 Å². The van der Waals surface area contributed by atoms with Gasteiger partial charge in [-0.05, 0) is 18.6 Å². The van der Waals surface area contributed by atoms with Gasteiger partial charge in [0, 0.05) is 24.2 Å². The van der Waals surface area contributed by atoms with E-state index in [0.29, 0.717) is 0 Å². The summed E-state index contributed by atoms with van der Waals surface area (Å²) in [7, 11) is 0. The van der Waals surface area contributed by atoms with E-state index in [-0.39, 0.29) is 5.69 Å². The second-order valence-corrected chi connectivity index (χ2v) is 4.14. The van der Waals surface area contributed by atoms with Crippen LogP contribution in [0.4, 0.5) is 11.5 Å². The molecule has 1 aromatic carbocycles. The third kappa shape index (κ3) is 3.28. The Morgan fingerprint density at radius 1 is 1.26 bits per heavy atom. The van der Waals surface area contributed by atoms with E-state index in [1.54, 1.807) is 6.07 Å². The van der Waals surface area contributed by atoms with Crippen molar-refractivity contribution in [3.05, 3.63) is 52.6 Å². The molecule has 98 valence electrons. The van der Waals surface area contributed by atoms with E-state index < -0.39 is 4.92 Å². The minimum absolute atomic E-state index is 0.0752. The molecule has 0 saturated carbocycles. The Kier molecular flexibility index (Phi) is 4.07. The lowest BCUT2D eigenvalue weighted by Crippen LogP contribution is -2.02. The van der Waals surface area contributed by atoms with Crippen LogP contribution in [-0.4, -0.2) is 16.5 Å². The number of nitrogens with zero attached hydrogens (tertiary/aromatic N) is 2. The zero-order valence-electron chi connectivity index (χ0n) is 10.7. The fourth-order valence-electron chi connectivity index (χ4n) is 1.73. The highest BCUT2D eigenvalue weighted by Crippen LogP contribution is 2.23. The van der Waals surface area contributed by atoms with Gasteiger partial charge >= 0.3 is 0 Å². The molecule has 0 bridgehead atoms. The summed E-state index contributed by atoms with van der Waals surface area (Å²) in [5.74, 6) is 0.783. The summed E-state index contributed by atoms with van der Waals surface area (Å²) < 4.78 is 0. The number of benzene rings is 1. The monoisotopic (exact) mass is 257 g/mol. The fourth-order valence-corrected chi connectivity index (χ4v) is 1.73. The van der Waals surface area contributed by atoms with Crippen molar-refractivity contribution in [1.29, 1.82) is 0 Å². The number of non-ortho nitro benzene ring substituents is 1. The predicted octanol–water partition coefficient (Wildman–Crippen LogP) is 3.48. The molecule has 0 aliphatic heterocycles. The summed E-state index contributed by atoms with van der Waals surface area (Å²) in [6, 6.07) is 12.1. The van der Waals surface area contributed by atoms with Gasteiger partial charge in [-0.1, -0.05) is 25.1 Å². The molecule has 2 rings (SSSR count). The molecule has 1 heterocycles. The van der Waals surface area contributed by atoms with Gasteiger partial charge in [0.1, 0.15) is 5.82 Å². The van der Waals surface area contributed by atoms with E-state index >= 15 is 0 Å². The van der Waals surface area contributed by atoms with Crippen molar-refractivity contribution in [2.45, 2.75) is 13.3 Å². The first-order valence-electron chi connectivity index (χ1n) is 6.16. The maximum atomic E-state index is 10.8. The smallest absolute Gasteiger partial charge is 0.270 e. The summed E-state index contributed by atoms with van der Waals surface area (Å²) in [4.78, 5) is 14.8. The van der Waals surface area contributed by atoms with Crippen molar-refractivity contribution in [3.63, 3.8) is 0 Å². The third-order valence-corrected chi connectivity index (χ3v) is 2.66. The molecule has 5 heteroatoms. The van der Waals surface area contributed by atoms with Gasteiger partial charge in [-0.25, -0.2) is 4.98 Å². The lowest BCUT2D eigenvalue weighted by atomic mass is 10.1. The quantitative estimate of drug-likeness (QED) is 0.657. The van der Waals surface area contributed by atoms with Crippen molar-refractivity contribution in [3.8, 4) is 11.3 Å². The first-order chi connectivity index (χ1) is 9.20. The number of hydrogen-bond acceptors (Lipinski definition) is 4. The van der Waals surface area contributed by atoms with Crippen LogP contribution in [0.3, 0.4) is 0 Å². The molecule has 0 aliphatic carbocycles. The second-order valence-electron chi connectivity index (χ2n) is 4.14. The van der Waals surface area contributed by atoms with Gasteiger partial charge in [0.2, 0.25) is 0 Å². The summed E-state index contributed by atoms with van der Waals surface area (Å²) in [5, 5.41) is 14.0. The van der Waals surface area contributed by atoms with Gasteiger partial charge in [-0.2, -0.15) is 0 Å². The minimum atomic E-state index is -0.400. The molecule has 0 aliphatic rings. The van der Waals surface area contributed by atoms with Gasteiger partial charge in [-0.3, -0.25) is 10.1 Å². The van der Waals surface area contributed by atoms with Crippen LogP contribution in [0.25, 0.3) is 11.3 Å². The Hall–Kier alpha value is -2.43. The van der Waals surface area contributed by atoms with Crippen LogP contribution in [0.5, 0.6) is 0 Å². The Balaban J connectivity index is 2.30. The van der Waals surface area contributed by atoms with Crippen LogP contribution in [0, 0.1) is 10.1 Å². The number of anilines is 1. The van der Waals surface area contributed by atoms with Gasteiger partial charge in [-0.15, -0.1) is 0 Å². The minimum Gasteiger partial charge on any atom is -0.370 e. The lowest BCUT2D eigenvalue weighted by molar-refractivity contribution is -0.384. The zero-order valence-corrected chi connectivity index (χ0v) is 10.7. The fraction of sp³-hybridized carbons (Fsp3) is 0.214. The normalized spacial score (nSPS) is 10.2. The average molecular weight is 257 g/mol. The van der Waals surface area contributed by atoms with Gasteiger partial charge in [0.15, 0.2) is 0 Å². The maximum Gasteiger partial charge on any atom is 0.270 e. The highest BCUT2D eigenvalue weighted by atomic mass is 16.6. The lowest BCUT2D eigenvalue weighted by Gasteiger charge is -2.06. The summed E-state index contributed by atoms with van der Waals surface area (Å²) in [5.41, 5.74) is 1.55. The molecule has 1 N–H and O–H groups in total. The van der Waals surface area contributed by atoms with Crippen LogP contribution in [-0.2, 0) is 0 Å². The molecule has 0 fully saturated rings. The molecular formula is C14H15N3O2. The van der Waals surface area contributed by atoms with Crippen LogP contribution >= 0.6 is 0 Å². The van der Waals surface area contributed by atoms with Crippen molar-refractivity contribution in [2.75, 3.05) is 11.9 Å². The summed E-state index contributed by atoms with van der Waals surface area (Å²) in [6.45, 7) is 2.93. The number of nitrogens with one attached hydrogen (secondary N) is 1. The molecule has 19 heavy (non-hydrogen) atoms. The Bertz CT molecular complexity index is 584. The predicted molar refractivity (Wildman–Crippen MR) is 75.1 cm³/mol. The molecule has 5 nitrogen and oxygen atoms in total. The first-order valence-corrected chi connectivity index (χ1v) is 6.16. The van der Waals surface area contributed by atoms with E-state index in [2.05, 4.69) is 17.2 Å². The Labute approximate surface area is 111 Å². The van der Waals surface area contributed by atoms with E-state index in [9.17, 15) is 10.1 Å². The number of nitro groups is 1. The topological polar surface area (TPSA) is 68.1 Å². The van der Waals surface area contributed by atoms with Crippen molar-refractivity contribution in [2.24, 2.45) is 0 Å². The molecule has 0 atom stereocenters. The molecule has 0 unspecified atom stereocenters. The van der Waals surface area contributed by atoms with E-state index in [4.69, 9.17) is 0 Å². The van der Waals surface area contributed by atoms with Crippen LogP contribution in [0.2, 0.25) is 0 Å². The number of pyridine rings is 1. The van der Waals surface area contributed by atoms with E-state index in [0.717, 1.165) is 30.0 Å². The molecule has 0 amide bonds. The highest BCUT2D eigenvalue weighted by Gasteiger charge is 2.08. The van der Waals surface area contributed by atoms with Crippen LogP contribution in [0.15, 0.2) is 42.5 Å². The number of aromatic nitrogens is 1. The summed E-state index contributed by atoms with van der Waals surface area (Å²) >= 11 is 0. The number of hydrogen-bond donors (Lipinski definition) is 1. The average Bonchev–Trinajstić information content (AvgIpc) is 2.45. The van der Waals surface area contributed by atoms with Crippen molar-refractivity contribution < 1.29 is 4.92 Å². The first kappa shape index (κ1) is 13.0. The molecule has 2 aromatic rings. The molecule has 0 saturated heterocycles. The second kappa shape index (κ2) is 5.95. The van der Waals surface area contributed by atoms with Gasteiger partial charge in [0.25, 0.3) is 5.69 Å². The van der Waals surface area contributed by atoms with Crippen LogP contribution < -0.4 is 5.32 Å². The molecular weight excluding hydrogens is 242 g/mol. The number of nitro benzene ring substituents is 1. The Morgan fingerprint density at radius 2 is 2.05 bits per heavy atom. The standard InChI is InChI=1S/C14H15N3O2/c1-2-9-15-14-8-4-7-13(16-14)11-5-3-6-12(10-11)17(18)19/h3-8,10H,2,9H2,1H3,(H,15,16). The van der Waals surface area contributed by atoms with Crippen LogP contribution in [0.1, 0.15) is 13.3 Å².